The van der Waals surface area contributed by atoms with Gasteiger partial charge < -0.3 is 9.47 Å². The maximum atomic E-state index is 12.8. The third-order valence-corrected chi connectivity index (χ3v) is 4.22. The minimum atomic E-state index is -0.304. The van der Waals surface area contributed by atoms with Gasteiger partial charge in [-0.1, -0.05) is 30.3 Å². The number of hydrogen-bond donors (Lipinski definition) is 0. The summed E-state index contributed by atoms with van der Waals surface area (Å²) in [4.78, 5) is 16.2. The summed E-state index contributed by atoms with van der Waals surface area (Å²) in [6.45, 7) is 0.424. The molecule has 0 amide bonds. The van der Waals surface area contributed by atoms with Crippen molar-refractivity contribution in [3.8, 4) is 5.75 Å². The Kier molecular flexibility index (Phi) is 5.74. The molecule has 4 nitrogen and oxygen atoms in total. The first-order valence-electron chi connectivity index (χ1n) is 7.70. The standard InChI is InChI=1S/C19H16FNO3S/c20-15-6-8-17(9-7-15)23-12-18-21-16(13-25-18)11-24-19(22)10-14-4-2-1-3-5-14/h1-9,13H,10-12H2. The Morgan fingerprint density at radius 2 is 1.80 bits per heavy atom. The Balaban J connectivity index is 1.45. The van der Waals surface area contributed by atoms with E-state index in [1.54, 1.807) is 12.1 Å². The molecule has 0 saturated heterocycles. The van der Waals surface area contributed by atoms with Gasteiger partial charge in [-0.15, -0.1) is 11.3 Å². The average molecular weight is 357 g/mol. The van der Waals surface area contributed by atoms with Gasteiger partial charge in [0.25, 0.3) is 0 Å². The summed E-state index contributed by atoms with van der Waals surface area (Å²) in [6.07, 6.45) is 0.242. The van der Waals surface area contributed by atoms with Gasteiger partial charge in [-0.3, -0.25) is 4.79 Å². The normalized spacial score (nSPS) is 10.4. The molecule has 0 N–H and O–H groups in total. The molecule has 0 atom stereocenters. The van der Waals surface area contributed by atoms with E-state index in [1.807, 2.05) is 35.7 Å². The number of benzene rings is 2. The van der Waals surface area contributed by atoms with Crippen LogP contribution in [0.4, 0.5) is 4.39 Å². The van der Waals surface area contributed by atoms with Crippen molar-refractivity contribution in [2.75, 3.05) is 0 Å². The van der Waals surface area contributed by atoms with Gasteiger partial charge in [-0.05, 0) is 29.8 Å². The van der Waals surface area contributed by atoms with Crippen molar-refractivity contribution in [2.24, 2.45) is 0 Å². The van der Waals surface area contributed by atoms with E-state index < -0.39 is 0 Å². The Morgan fingerprint density at radius 1 is 1.04 bits per heavy atom. The molecular weight excluding hydrogens is 341 g/mol. The molecule has 0 unspecified atom stereocenters. The second-order valence-corrected chi connectivity index (χ2v) is 6.24. The fourth-order valence-corrected chi connectivity index (χ4v) is 2.82. The molecule has 2 aromatic carbocycles. The highest BCUT2D eigenvalue weighted by atomic mass is 32.1. The van der Waals surface area contributed by atoms with Crippen LogP contribution in [0, 0.1) is 5.82 Å². The van der Waals surface area contributed by atoms with Crippen LogP contribution in [0.1, 0.15) is 16.3 Å². The van der Waals surface area contributed by atoms with Gasteiger partial charge >= 0.3 is 5.97 Å². The predicted molar refractivity (Wildman–Crippen MR) is 92.8 cm³/mol. The molecule has 0 aliphatic carbocycles. The number of aromatic nitrogens is 1. The first-order chi connectivity index (χ1) is 12.2. The number of halogens is 1. The van der Waals surface area contributed by atoms with Crippen LogP contribution in [0.5, 0.6) is 5.75 Å². The van der Waals surface area contributed by atoms with E-state index in [9.17, 15) is 9.18 Å². The van der Waals surface area contributed by atoms with Crippen LogP contribution in [-0.4, -0.2) is 11.0 Å². The fraction of sp³-hybridized carbons (Fsp3) is 0.158. The molecule has 0 spiro atoms. The minimum absolute atomic E-state index is 0.138. The highest BCUT2D eigenvalue weighted by Gasteiger charge is 2.08. The van der Waals surface area contributed by atoms with Gasteiger partial charge in [-0.25, -0.2) is 9.37 Å². The number of nitrogens with zero attached hydrogens (tertiary/aromatic N) is 1. The van der Waals surface area contributed by atoms with Crippen LogP contribution in [0.25, 0.3) is 0 Å². The zero-order chi connectivity index (χ0) is 17.5. The van der Waals surface area contributed by atoms with E-state index >= 15 is 0 Å². The van der Waals surface area contributed by atoms with Crippen molar-refractivity contribution in [3.63, 3.8) is 0 Å². The van der Waals surface area contributed by atoms with Crippen LogP contribution in [0.2, 0.25) is 0 Å². The van der Waals surface area contributed by atoms with Crippen molar-refractivity contribution >= 4 is 17.3 Å². The summed E-state index contributed by atoms with van der Waals surface area (Å²) in [5.74, 6) is -0.0167. The van der Waals surface area contributed by atoms with Crippen LogP contribution >= 0.6 is 11.3 Å². The van der Waals surface area contributed by atoms with Gasteiger partial charge in [0, 0.05) is 5.38 Å². The highest BCUT2D eigenvalue weighted by molar-refractivity contribution is 7.09. The fourth-order valence-electron chi connectivity index (χ4n) is 2.13. The van der Waals surface area contributed by atoms with Gasteiger partial charge in [0.05, 0.1) is 12.1 Å². The quantitative estimate of drug-likeness (QED) is 0.596. The Bertz CT molecular complexity index is 818. The zero-order valence-electron chi connectivity index (χ0n) is 13.4. The number of rotatable bonds is 7. The van der Waals surface area contributed by atoms with E-state index in [2.05, 4.69) is 4.98 Å². The summed E-state index contributed by atoms with van der Waals surface area (Å²) in [5.41, 5.74) is 1.60. The molecule has 1 aromatic heterocycles. The van der Waals surface area contributed by atoms with Crippen molar-refractivity contribution in [2.45, 2.75) is 19.6 Å². The highest BCUT2D eigenvalue weighted by Crippen LogP contribution is 2.16. The summed E-state index contributed by atoms with van der Waals surface area (Å²) < 4.78 is 23.6. The Hall–Kier alpha value is -2.73. The minimum Gasteiger partial charge on any atom is -0.486 e. The smallest absolute Gasteiger partial charge is 0.310 e. The molecular formula is C19H16FNO3S. The Labute approximate surface area is 148 Å². The number of hydrogen-bond acceptors (Lipinski definition) is 5. The second kappa shape index (κ2) is 8.39. The topological polar surface area (TPSA) is 48.4 Å². The van der Waals surface area contributed by atoms with Crippen molar-refractivity contribution in [1.82, 2.24) is 4.98 Å². The molecule has 6 heteroatoms. The Morgan fingerprint density at radius 3 is 2.56 bits per heavy atom. The largest absolute Gasteiger partial charge is 0.486 e. The molecule has 1 heterocycles. The monoisotopic (exact) mass is 357 g/mol. The number of thiazole rings is 1. The average Bonchev–Trinajstić information content (AvgIpc) is 3.08. The van der Waals surface area contributed by atoms with E-state index in [4.69, 9.17) is 9.47 Å². The van der Waals surface area contributed by atoms with Gasteiger partial charge in [0.15, 0.2) is 0 Å². The molecule has 0 saturated carbocycles. The number of carbonyl (C=O) groups excluding carboxylic acids is 1. The summed E-state index contributed by atoms with van der Waals surface area (Å²) >= 11 is 1.43. The molecule has 128 valence electrons. The van der Waals surface area contributed by atoms with Crippen molar-refractivity contribution in [3.05, 3.63) is 82.1 Å². The molecule has 0 bridgehead atoms. The van der Waals surface area contributed by atoms with Gasteiger partial charge in [0.2, 0.25) is 0 Å². The molecule has 0 fully saturated rings. The van der Waals surface area contributed by atoms with E-state index in [0.29, 0.717) is 11.4 Å². The molecule has 3 rings (SSSR count). The van der Waals surface area contributed by atoms with E-state index in [-0.39, 0.29) is 31.4 Å². The third-order valence-electron chi connectivity index (χ3n) is 3.35. The van der Waals surface area contributed by atoms with Crippen molar-refractivity contribution < 1.29 is 18.7 Å². The first kappa shape index (κ1) is 17.1. The molecule has 0 aliphatic rings. The van der Waals surface area contributed by atoms with E-state index in [0.717, 1.165) is 10.6 Å². The zero-order valence-corrected chi connectivity index (χ0v) is 14.2. The van der Waals surface area contributed by atoms with Crippen LogP contribution < -0.4 is 4.74 Å². The summed E-state index contributed by atoms with van der Waals surface area (Å²) in [5, 5.41) is 2.59. The maximum Gasteiger partial charge on any atom is 0.310 e. The van der Waals surface area contributed by atoms with Gasteiger partial charge in [0.1, 0.15) is 29.8 Å². The van der Waals surface area contributed by atoms with Crippen molar-refractivity contribution in [1.29, 1.82) is 0 Å². The summed E-state index contributed by atoms with van der Waals surface area (Å²) in [7, 11) is 0. The lowest BCUT2D eigenvalue weighted by Crippen LogP contribution is -2.08. The first-order valence-corrected chi connectivity index (χ1v) is 8.58. The lowest BCUT2D eigenvalue weighted by atomic mass is 10.2. The summed E-state index contributed by atoms with van der Waals surface area (Å²) in [6, 6.07) is 15.3. The predicted octanol–water partition coefficient (Wildman–Crippen LogP) is 4.15. The molecule has 25 heavy (non-hydrogen) atoms. The molecule has 0 radical (unpaired) electrons. The van der Waals surface area contributed by atoms with Crippen LogP contribution in [0.15, 0.2) is 60.0 Å². The van der Waals surface area contributed by atoms with Crippen LogP contribution in [0.3, 0.4) is 0 Å². The number of esters is 1. The maximum absolute atomic E-state index is 12.8. The van der Waals surface area contributed by atoms with E-state index in [1.165, 1.54) is 23.5 Å². The lowest BCUT2D eigenvalue weighted by molar-refractivity contribution is -0.144. The lowest BCUT2D eigenvalue weighted by Gasteiger charge is -2.04. The third kappa shape index (κ3) is 5.39. The molecule has 0 aliphatic heterocycles. The molecule has 3 aromatic rings. The SMILES string of the molecule is O=C(Cc1ccccc1)OCc1csc(COc2ccc(F)cc2)n1. The van der Waals surface area contributed by atoms with Crippen LogP contribution in [-0.2, 0) is 29.2 Å². The second-order valence-electron chi connectivity index (χ2n) is 5.30. The number of ether oxygens (including phenoxy) is 2. The van der Waals surface area contributed by atoms with Gasteiger partial charge in [-0.2, -0.15) is 0 Å². The number of carbonyl (C=O) groups is 1.